The van der Waals surface area contributed by atoms with E-state index in [1.807, 2.05) is 18.2 Å². The van der Waals surface area contributed by atoms with Crippen LogP contribution in [0.4, 0.5) is 0 Å². The second-order valence-electron chi connectivity index (χ2n) is 3.34. The molecule has 1 aromatic heterocycles. The lowest BCUT2D eigenvalue weighted by Gasteiger charge is -2.08. The lowest BCUT2D eigenvalue weighted by atomic mass is 10.1. The van der Waals surface area contributed by atoms with Gasteiger partial charge in [-0.25, -0.2) is 0 Å². The molecule has 0 saturated heterocycles. The van der Waals surface area contributed by atoms with Gasteiger partial charge in [-0.05, 0) is 31.4 Å². The molecule has 15 heavy (non-hydrogen) atoms. The topological polar surface area (TPSA) is 65.2 Å². The lowest BCUT2D eigenvalue weighted by Crippen LogP contribution is -2.31. The molecule has 0 radical (unpaired) electrons. The van der Waals surface area contributed by atoms with Crippen LogP contribution in [0, 0.1) is 0 Å². The molecule has 0 aliphatic heterocycles. The van der Waals surface area contributed by atoms with Crippen molar-refractivity contribution in [3.63, 3.8) is 0 Å². The Hall–Kier alpha value is -1.42. The van der Waals surface area contributed by atoms with Gasteiger partial charge in [-0.15, -0.1) is 0 Å². The first kappa shape index (κ1) is 11.7. The van der Waals surface area contributed by atoms with Crippen LogP contribution in [0.3, 0.4) is 0 Å². The van der Waals surface area contributed by atoms with E-state index in [0.717, 1.165) is 18.5 Å². The number of esters is 1. The van der Waals surface area contributed by atoms with Crippen molar-refractivity contribution in [3.05, 3.63) is 30.1 Å². The number of carbonyl (C=O) groups excluding carboxylic acids is 1. The first-order valence-electron chi connectivity index (χ1n) is 4.97. The Kier molecular flexibility index (Phi) is 4.77. The third-order valence-corrected chi connectivity index (χ3v) is 2.18. The summed E-state index contributed by atoms with van der Waals surface area (Å²) in [6.45, 7) is 0. The summed E-state index contributed by atoms with van der Waals surface area (Å²) in [6.07, 6.45) is 4.07. The van der Waals surface area contributed by atoms with Crippen LogP contribution < -0.4 is 5.73 Å². The maximum atomic E-state index is 11.0. The van der Waals surface area contributed by atoms with Crippen molar-refractivity contribution in [2.45, 2.75) is 25.3 Å². The summed E-state index contributed by atoms with van der Waals surface area (Å²) in [5, 5.41) is 0. The second-order valence-corrected chi connectivity index (χ2v) is 3.34. The number of aryl methyl sites for hydroxylation is 1. The molecule has 1 rings (SSSR count). The van der Waals surface area contributed by atoms with E-state index in [2.05, 4.69) is 9.72 Å². The number of nitrogens with two attached hydrogens (primary N) is 1. The monoisotopic (exact) mass is 208 g/mol. The Morgan fingerprint density at radius 2 is 2.40 bits per heavy atom. The number of hydrogen-bond donors (Lipinski definition) is 1. The van der Waals surface area contributed by atoms with Gasteiger partial charge in [-0.2, -0.15) is 0 Å². The summed E-state index contributed by atoms with van der Waals surface area (Å²) in [7, 11) is 1.35. The zero-order chi connectivity index (χ0) is 11.1. The van der Waals surface area contributed by atoms with Crippen LogP contribution >= 0.6 is 0 Å². The summed E-state index contributed by atoms with van der Waals surface area (Å²) >= 11 is 0. The second kappa shape index (κ2) is 6.14. The zero-order valence-corrected chi connectivity index (χ0v) is 8.85. The van der Waals surface area contributed by atoms with E-state index in [4.69, 9.17) is 5.73 Å². The van der Waals surface area contributed by atoms with E-state index < -0.39 is 6.04 Å². The van der Waals surface area contributed by atoms with Crippen LogP contribution in [0.5, 0.6) is 0 Å². The fraction of sp³-hybridized carbons (Fsp3) is 0.455. The average molecular weight is 208 g/mol. The molecule has 1 heterocycles. The quantitative estimate of drug-likeness (QED) is 0.730. The van der Waals surface area contributed by atoms with Gasteiger partial charge < -0.3 is 10.5 Å². The number of nitrogens with zero attached hydrogens (tertiary/aromatic N) is 1. The van der Waals surface area contributed by atoms with E-state index in [0.29, 0.717) is 6.42 Å². The Labute approximate surface area is 89.5 Å². The number of pyridine rings is 1. The smallest absolute Gasteiger partial charge is 0.322 e. The molecule has 0 aliphatic carbocycles. The van der Waals surface area contributed by atoms with Crippen LogP contribution in [-0.2, 0) is 16.0 Å². The maximum absolute atomic E-state index is 11.0. The lowest BCUT2D eigenvalue weighted by molar-refractivity contribution is -0.142. The molecule has 0 fully saturated rings. The first-order valence-corrected chi connectivity index (χ1v) is 4.97. The number of hydrogen-bond acceptors (Lipinski definition) is 4. The molecule has 1 aromatic rings. The van der Waals surface area contributed by atoms with Crippen LogP contribution in [0.25, 0.3) is 0 Å². The van der Waals surface area contributed by atoms with Crippen LogP contribution in [-0.4, -0.2) is 24.1 Å². The van der Waals surface area contributed by atoms with Gasteiger partial charge in [0.1, 0.15) is 6.04 Å². The zero-order valence-electron chi connectivity index (χ0n) is 8.85. The molecule has 0 aliphatic rings. The van der Waals surface area contributed by atoms with Gasteiger partial charge in [0.25, 0.3) is 0 Å². The Morgan fingerprint density at radius 1 is 1.60 bits per heavy atom. The van der Waals surface area contributed by atoms with Crippen molar-refractivity contribution in [2.75, 3.05) is 7.11 Å². The molecular weight excluding hydrogens is 192 g/mol. The summed E-state index contributed by atoms with van der Waals surface area (Å²) in [5.41, 5.74) is 6.62. The highest BCUT2D eigenvalue weighted by molar-refractivity contribution is 5.75. The minimum Gasteiger partial charge on any atom is -0.468 e. The first-order chi connectivity index (χ1) is 7.24. The highest BCUT2D eigenvalue weighted by Crippen LogP contribution is 2.03. The summed E-state index contributed by atoms with van der Waals surface area (Å²) in [4.78, 5) is 15.2. The molecule has 4 heteroatoms. The highest BCUT2D eigenvalue weighted by Gasteiger charge is 2.12. The van der Waals surface area contributed by atoms with Gasteiger partial charge in [0.15, 0.2) is 0 Å². The fourth-order valence-electron chi connectivity index (χ4n) is 1.32. The minimum absolute atomic E-state index is 0.351. The van der Waals surface area contributed by atoms with Gasteiger partial charge >= 0.3 is 5.97 Å². The molecule has 0 aromatic carbocycles. The van der Waals surface area contributed by atoms with Gasteiger partial charge in [-0.3, -0.25) is 9.78 Å². The van der Waals surface area contributed by atoms with Crippen LogP contribution in [0.15, 0.2) is 24.4 Å². The van der Waals surface area contributed by atoms with E-state index >= 15 is 0 Å². The number of ether oxygens (including phenoxy) is 1. The number of rotatable bonds is 5. The van der Waals surface area contributed by atoms with Crippen molar-refractivity contribution in [3.8, 4) is 0 Å². The fourth-order valence-corrected chi connectivity index (χ4v) is 1.32. The molecule has 0 bridgehead atoms. The van der Waals surface area contributed by atoms with Gasteiger partial charge in [-0.1, -0.05) is 6.07 Å². The normalized spacial score (nSPS) is 12.1. The predicted molar refractivity (Wildman–Crippen MR) is 57.2 cm³/mol. The predicted octanol–water partition coefficient (Wildman–Crippen LogP) is 0.905. The van der Waals surface area contributed by atoms with Crippen molar-refractivity contribution in [1.29, 1.82) is 0 Å². The van der Waals surface area contributed by atoms with E-state index in [1.54, 1.807) is 6.20 Å². The maximum Gasteiger partial charge on any atom is 0.322 e. The van der Waals surface area contributed by atoms with E-state index in [9.17, 15) is 4.79 Å². The Balaban J connectivity index is 2.25. The minimum atomic E-state index is -0.515. The Bertz CT molecular complexity index is 301. The highest BCUT2D eigenvalue weighted by atomic mass is 16.5. The molecule has 0 amide bonds. The molecule has 0 saturated carbocycles. The average Bonchev–Trinajstić information content (AvgIpc) is 2.29. The third-order valence-electron chi connectivity index (χ3n) is 2.18. The molecule has 1 unspecified atom stereocenters. The van der Waals surface area contributed by atoms with Crippen molar-refractivity contribution in [1.82, 2.24) is 4.98 Å². The van der Waals surface area contributed by atoms with Crippen molar-refractivity contribution in [2.24, 2.45) is 5.73 Å². The van der Waals surface area contributed by atoms with E-state index in [1.165, 1.54) is 7.11 Å². The van der Waals surface area contributed by atoms with Crippen LogP contribution in [0.1, 0.15) is 18.5 Å². The summed E-state index contributed by atoms with van der Waals surface area (Å²) in [6, 6.07) is 5.27. The Morgan fingerprint density at radius 3 is 3.00 bits per heavy atom. The molecule has 1 atom stereocenters. The van der Waals surface area contributed by atoms with Gasteiger partial charge in [0, 0.05) is 11.9 Å². The number of carbonyl (C=O) groups is 1. The van der Waals surface area contributed by atoms with Crippen LogP contribution in [0.2, 0.25) is 0 Å². The standard InChI is InChI=1S/C11H16N2O2/c1-15-11(14)10(12)7-4-6-9-5-2-3-8-13-9/h2-3,5,8,10H,4,6-7,12H2,1H3. The molecule has 82 valence electrons. The van der Waals surface area contributed by atoms with Crippen molar-refractivity contribution >= 4 is 5.97 Å². The summed E-state index contributed by atoms with van der Waals surface area (Å²) < 4.78 is 4.54. The third kappa shape index (κ3) is 4.08. The number of aromatic nitrogens is 1. The molecular formula is C11H16N2O2. The van der Waals surface area contributed by atoms with Gasteiger partial charge in [0.05, 0.1) is 7.11 Å². The summed E-state index contributed by atoms with van der Waals surface area (Å²) in [5.74, 6) is -0.351. The largest absolute Gasteiger partial charge is 0.468 e. The molecule has 2 N–H and O–H groups in total. The molecule has 4 nitrogen and oxygen atoms in total. The van der Waals surface area contributed by atoms with E-state index in [-0.39, 0.29) is 5.97 Å². The molecule has 0 spiro atoms. The number of methoxy groups -OCH3 is 1. The van der Waals surface area contributed by atoms with Gasteiger partial charge in [0.2, 0.25) is 0 Å². The SMILES string of the molecule is COC(=O)C(N)CCCc1ccccn1. The van der Waals surface area contributed by atoms with Crippen molar-refractivity contribution < 1.29 is 9.53 Å².